The number of nitrogens with zero attached hydrogens (tertiary/aromatic N) is 1. The van der Waals surface area contributed by atoms with Gasteiger partial charge in [-0.1, -0.05) is 51.4 Å². The first-order chi connectivity index (χ1) is 14.6. The number of amides is 1. The van der Waals surface area contributed by atoms with Crippen LogP contribution in [0.25, 0.3) is 0 Å². The number of ether oxygens (including phenoxy) is 2. The minimum atomic E-state index is -1.69. The van der Waals surface area contributed by atoms with Gasteiger partial charge in [-0.2, -0.15) is 0 Å². The number of hydrogen-bond donors (Lipinski definition) is 0. The fourth-order valence-corrected chi connectivity index (χ4v) is 17.9. The zero-order chi connectivity index (χ0) is 24.5. The largest absolute Gasteiger partial charge is 0.497 e. The average molecular weight is 478 g/mol. The molecule has 1 saturated heterocycles. The van der Waals surface area contributed by atoms with Crippen molar-refractivity contribution >= 4 is 28.0 Å². The Morgan fingerprint density at radius 3 is 2.03 bits per heavy atom. The van der Waals surface area contributed by atoms with Crippen LogP contribution in [0.1, 0.15) is 32.8 Å². The van der Waals surface area contributed by atoms with Gasteiger partial charge < -0.3 is 14.4 Å². The molecule has 0 spiro atoms. The molecule has 5 nitrogen and oxygen atoms in total. The van der Waals surface area contributed by atoms with Crippen LogP contribution in [-0.4, -0.2) is 58.0 Å². The molecule has 2 atom stereocenters. The highest BCUT2D eigenvalue weighted by molar-refractivity contribution is 6.96. The Kier molecular flexibility index (Phi) is 8.09. The highest BCUT2D eigenvalue weighted by Crippen LogP contribution is 2.37. The van der Waals surface area contributed by atoms with Gasteiger partial charge in [0, 0.05) is 11.7 Å². The molecule has 7 heteroatoms. The molecule has 0 N–H and O–H groups in total. The smallest absolute Gasteiger partial charge is 0.311 e. The summed E-state index contributed by atoms with van der Waals surface area (Å²) in [4.78, 5) is 28.2. The summed E-state index contributed by atoms with van der Waals surface area (Å²) < 4.78 is 11.1. The number of rotatable bonds is 8. The van der Waals surface area contributed by atoms with Gasteiger partial charge in [-0.15, -0.1) is 0 Å². The molecule has 1 aromatic rings. The van der Waals surface area contributed by atoms with E-state index in [2.05, 4.69) is 56.3 Å². The van der Waals surface area contributed by atoms with Crippen LogP contribution < -0.4 is 4.74 Å². The third-order valence-corrected chi connectivity index (χ3v) is 15.2. The van der Waals surface area contributed by atoms with Gasteiger partial charge in [0.15, 0.2) is 0 Å². The van der Waals surface area contributed by atoms with Crippen molar-refractivity contribution in [3.63, 3.8) is 0 Å². The van der Waals surface area contributed by atoms with E-state index >= 15 is 0 Å². The summed E-state index contributed by atoms with van der Waals surface area (Å²) in [6.07, 6.45) is 1.29. The van der Waals surface area contributed by atoms with Crippen LogP contribution in [0.3, 0.4) is 0 Å². The van der Waals surface area contributed by atoms with Crippen LogP contribution in [0.4, 0.5) is 0 Å². The van der Waals surface area contributed by atoms with Gasteiger partial charge in [-0.25, -0.2) is 0 Å². The Morgan fingerprint density at radius 1 is 1.06 bits per heavy atom. The van der Waals surface area contributed by atoms with E-state index in [-0.39, 0.29) is 30.4 Å². The van der Waals surface area contributed by atoms with Crippen molar-refractivity contribution in [2.45, 2.75) is 84.2 Å². The van der Waals surface area contributed by atoms with Crippen LogP contribution >= 0.6 is 0 Å². The summed E-state index contributed by atoms with van der Waals surface area (Å²) in [7, 11) is -1.71. The van der Waals surface area contributed by atoms with E-state index in [1.165, 1.54) is 5.56 Å². The van der Waals surface area contributed by atoms with E-state index in [1.54, 1.807) is 7.11 Å². The van der Waals surface area contributed by atoms with Crippen LogP contribution in [0.15, 0.2) is 24.3 Å². The Bertz CT molecular complexity index is 789. The molecule has 1 aliphatic heterocycles. The van der Waals surface area contributed by atoms with Gasteiger partial charge in [0.2, 0.25) is 5.91 Å². The van der Waals surface area contributed by atoms with E-state index in [0.717, 1.165) is 12.2 Å². The monoisotopic (exact) mass is 477 g/mol. The Hall–Kier alpha value is -1.61. The van der Waals surface area contributed by atoms with Gasteiger partial charge in [-0.3, -0.25) is 9.59 Å². The van der Waals surface area contributed by atoms with Crippen LogP contribution in [0.2, 0.25) is 39.3 Å². The molecule has 0 radical (unpaired) electrons. The predicted octanol–water partition coefficient (Wildman–Crippen LogP) is 5.17. The number of esters is 1. The van der Waals surface area contributed by atoms with Crippen LogP contribution in [-0.2, 0) is 20.7 Å². The zero-order valence-electron chi connectivity index (χ0n) is 21.7. The van der Waals surface area contributed by atoms with Gasteiger partial charge >= 0.3 is 5.97 Å². The number of hydrogen-bond acceptors (Lipinski definition) is 4. The lowest BCUT2D eigenvalue weighted by atomic mass is 9.92. The normalized spacial score (nSPS) is 20.1. The van der Waals surface area contributed by atoms with E-state index < -0.39 is 21.6 Å². The van der Waals surface area contributed by atoms with Gasteiger partial charge in [-0.05, 0) is 50.8 Å². The number of methoxy groups -OCH3 is 1. The molecule has 0 aliphatic carbocycles. The first-order valence-corrected chi connectivity index (χ1v) is 18.8. The molecular weight excluding hydrogens is 434 g/mol. The molecule has 32 heavy (non-hydrogen) atoms. The standard InChI is InChI=1S/C25H43NO4Si2/c1-25(2,3)23(28)30-17-21-19(15-18-11-13-20(29-4)14-12-18)16-22(27)26(21)24(31(5,6)7)32(8,9)10/h11-14,19,21,24H,15-17H2,1-10H3/t19-,21+/m1/s1. The maximum Gasteiger partial charge on any atom is 0.311 e. The maximum atomic E-state index is 13.5. The first kappa shape index (κ1) is 26.6. The van der Waals surface area contributed by atoms with Crippen molar-refractivity contribution in [1.82, 2.24) is 4.90 Å². The quantitative estimate of drug-likeness (QED) is 0.383. The van der Waals surface area contributed by atoms with Crippen molar-refractivity contribution in [3.05, 3.63) is 29.8 Å². The highest BCUT2D eigenvalue weighted by Gasteiger charge is 2.51. The molecule has 0 bridgehead atoms. The molecule has 1 aromatic carbocycles. The molecule has 0 unspecified atom stereocenters. The van der Waals surface area contributed by atoms with Crippen molar-refractivity contribution in [3.8, 4) is 5.75 Å². The fraction of sp³-hybridized carbons (Fsp3) is 0.680. The van der Waals surface area contributed by atoms with E-state index in [9.17, 15) is 9.59 Å². The van der Waals surface area contributed by atoms with E-state index in [4.69, 9.17) is 9.47 Å². The average Bonchev–Trinajstić information content (AvgIpc) is 2.92. The van der Waals surface area contributed by atoms with E-state index in [0.29, 0.717) is 11.7 Å². The number of carbonyl (C=O) groups excluding carboxylic acids is 2. The molecule has 1 aliphatic rings. The second kappa shape index (κ2) is 9.71. The van der Waals surface area contributed by atoms with Gasteiger partial charge in [0.05, 0.1) is 34.7 Å². The van der Waals surface area contributed by atoms with Crippen LogP contribution in [0, 0.1) is 11.3 Å². The molecule has 0 saturated carbocycles. The summed E-state index contributed by atoms with van der Waals surface area (Å²) in [5, 5.41) is 0.293. The molecule has 180 valence electrons. The second-order valence-corrected chi connectivity index (χ2v) is 23.5. The molecular formula is C25H43NO4Si2. The number of likely N-dealkylation sites (tertiary alicyclic amines) is 1. The first-order valence-electron chi connectivity index (χ1n) is 11.7. The fourth-order valence-electron chi connectivity index (χ4n) is 5.21. The SMILES string of the molecule is COc1ccc(C[C@@H]2CC(=O)N(C([Si](C)(C)C)[Si](C)(C)C)[C@H]2COC(=O)C(C)(C)C)cc1. The van der Waals surface area contributed by atoms with Crippen molar-refractivity contribution in [2.75, 3.05) is 13.7 Å². The molecule has 1 fully saturated rings. The highest BCUT2D eigenvalue weighted by atomic mass is 28.4. The molecule has 1 amide bonds. The van der Waals surface area contributed by atoms with Crippen molar-refractivity contribution < 1.29 is 19.1 Å². The van der Waals surface area contributed by atoms with E-state index in [1.807, 2.05) is 32.9 Å². The minimum Gasteiger partial charge on any atom is -0.497 e. The van der Waals surface area contributed by atoms with Crippen LogP contribution in [0.5, 0.6) is 5.75 Å². The maximum absolute atomic E-state index is 13.5. The minimum absolute atomic E-state index is 0.0839. The van der Waals surface area contributed by atoms with Crippen molar-refractivity contribution in [1.29, 1.82) is 0 Å². The molecule has 0 aromatic heterocycles. The molecule has 1 heterocycles. The van der Waals surface area contributed by atoms with Gasteiger partial charge in [0.1, 0.15) is 12.4 Å². The second-order valence-electron chi connectivity index (χ2n) is 12.4. The lowest BCUT2D eigenvalue weighted by Gasteiger charge is -2.47. The third kappa shape index (κ3) is 6.47. The number of benzene rings is 1. The number of carbonyl (C=O) groups is 2. The lowest BCUT2D eigenvalue weighted by Crippen LogP contribution is -2.66. The summed E-state index contributed by atoms with van der Waals surface area (Å²) in [6, 6.07) is 7.98. The third-order valence-electron chi connectivity index (χ3n) is 6.20. The summed E-state index contributed by atoms with van der Waals surface area (Å²) in [6.45, 7) is 20.0. The lowest BCUT2D eigenvalue weighted by molar-refractivity contribution is -0.155. The Morgan fingerprint density at radius 2 is 1.59 bits per heavy atom. The predicted molar refractivity (Wildman–Crippen MR) is 136 cm³/mol. The Balaban J connectivity index is 2.39. The molecule has 2 rings (SSSR count). The summed E-state index contributed by atoms with van der Waals surface area (Å²) in [5.41, 5.74) is 0.616. The zero-order valence-corrected chi connectivity index (χ0v) is 23.7. The van der Waals surface area contributed by atoms with Crippen molar-refractivity contribution in [2.24, 2.45) is 11.3 Å². The summed E-state index contributed by atoms with van der Waals surface area (Å²) in [5.74, 6) is 0.956. The summed E-state index contributed by atoms with van der Waals surface area (Å²) >= 11 is 0. The topological polar surface area (TPSA) is 55.8 Å². The van der Waals surface area contributed by atoms with Gasteiger partial charge in [0.25, 0.3) is 0 Å². The Labute approximate surface area is 196 Å².